The molecule has 0 N–H and O–H groups in total. The van der Waals surface area contributed by atoms with E-state index < -0.39 is 0 Å². The lowest BCUT2D eigenvalue weighted by atomic mass is 10.2. The number of allylic oxidation sites excluding steroid dienone is 4. The van der Waals surface area contributed by atoms with Gasteiger partial charge in [0.1, 0.15) is 0 Å². The largest absolute Gasteiger partial charge is 0.0928 e. The molecular weight excluding hydrogens is 200 g/mol. The van der Waals surface area contributed by atoms with Crippen LogP contribution >= 0.6 is 15.9 Å². The Morgan fingerprint density at radius 3 is 2.45 bits per heavy atom. The molecular formula is C10H17Br. The van der Waals surface area contributed by atoms with Crippen LogP contribution in [0, 0.1) is 0 Å². The molecule has 0 aromatic rings. The molecule has 0 saturated carbocycles. The quantitative estimate of drug-likeness (QED) is 0.357. The second kappa shape index (κ2) is 9.96. The van der Waals surface area contributed by atoms with Crippen LogP contribution in [0.15, 0.2) is 24.3 Å². The fourth-order valence-corrected chi connectivity index (χ4v) is 1.07. The second-order valence-corrected chi connectivity index (χ2v) is 3.21. The van der Waals surface area contributed by atoms with E-state index in [0.29, 0.717) is 0 Å². The molecule has 11 heavy (non-hydrogen) atoms. The first-order chi connectivity index (χ1) is 5.41. The summed E-state index contributed by atoms with van der Waals surface area (Å²) in [5.41, 5.74) is 0. The summed E-state index contributed by atoms with van der Waals surface area (Å²) in [6, 6.07) is 0. The van der Waals surface area contributed by atoms with Crippen molar-refractivity contribution in [3.8, 4) is 0 Å². The Hall–Kier alpha value is -0.0400. The monoisotopic (exact) mass is 216 g/mol. The van der Waals surface area contributed by atoms with Crippen LogP contribution in [0.3, 0.4) is 0 Å². The maximum atomic E-state index is 3.40. The first kappa shape index (κ1) is 11.0. The van der Waals surface area contributed by atoms with Crippen molar-refractivity contribution in [3.63, 3.8) is 0 Å². The number of halogens is 1. The van der Waals surface area contributed by atoms with Gasteiger partial charge in [-0.1, -0.05) is 47.2 Å². The zero-order valence-corrected chi connectivity index (χ0v) is 8.81. The normalized spacial score (nSPS) is 11.8. The molecule has 0 nitrogen and oxygen atoms in total. The standard InChI is InChI=1S/C10H17Br/c1-2-3-4-5-6-7-8-9-10-11/h3-4,6-7H,2,5,8-10H2,1H3/b4-3-,7-6-. The Morgan fingerprint density at radius 2 is 1.82 bits per heavy atom. The van der Waals surface area contributed by atoms with Crippen molar-refractivity contribution in [1.29, 1.82) is 0 Å². The van der Waals surface area contributed by atoms with Gasteiger partial charge in [0.25, 0.3) is 0 Å². The lowest BCUT2D eigenvalue weighted by molar-refractivity contribution is 0.974. The van der Waals surface area contributed by atoms with Crippen molar-refractivity contribution < 1.29 is 0 Å². The molecule has 0 atom stereocenters. The van der Waals surface area contributed by atoms with Gasteiger partial charge in [-0.2, -0.15) is 0 Å². The van der Waals surface area contributed by atoms with E-state index in [2.05, 4.69) is 47.2 Å². The van der Waals surface area contributed by atoms with Gasteiger partial charge in [-0.15, -0.1) is 0 Å². The van der Waals surface area contributed by atoms with Crippen LogP contribution in [0.25, 0.3) is 0 Å². The van der Waals surface area contributed by atoms with Gasteiger partial charge in [-0.25, -0.2) is 0 Å². The predicted molar refractivity (Wildman–Crippen MR) is 56.2 cm³/mol. The Labute approximate surface area is 78.5 Å². The van der Waals surface area contributed by atoms with E-state index >= 15 is 0 Å². The first-order valence-electron chi connectivity index (χ1n) is 4.27. The molecule has 1 heteroatoms. The summed E-state index contributed by atoms with van der Waals surface area (Å²) >= 11 is 3.40. The topological polar surface area (TPSA) is 0 Å². The molecule has 0 bridgehead atoms. The van der Waals surface area contributed by atoms with Gasteiger partial charge in [0.05, 0.1) is 0 Å². The smallest absolute Gasteiger partial charge is 0.00342 e. The third-order valence-corrected chi connectivity index (χ3v) is 1.91. The Kier molecular flexibility index (Phi) is 9.92. The van der Waals surface area contributed by atoms with Crippen molar-refractivity contribution in [2.75, 3.05) is 5.33 Å². The average Bonchev–Trinajstić information content (AvgIpc) is 2.03. The van der Waals surface area contributed by atoms with Crippen molar-refractivity contribution in [1.82, 2.24) is 0 Å². The van der Waals surface area contributed by atoms with Crippen molar-refractivity contribution in [2.45, 2.75) is 32.6 Å². The van der Waals surface area contributed by atoms with Gasteiger partial charge in [0, 0.05) is 5.33 Å². The average molecular weight is 217 g/mol. The van der Waals surface area contributed by atoms with E-state index in [4.69, 9.17) is 0 Å². The van der Waals surface area contributed by atoms with Crippen LogP contribution in [-0.2, 0) is 0 Å². The number of hydrogen-bond donors (Lipinski definition) is 0. The van der Waals surface area contributed by atoms with Crippen LogP contribution in [0.1, 0.15) is 32.6 Å². The maximum absolute atomic E-state index is 3.40. The molecule has 0 saturated heterocycles. The number of alkyl halides is 1. The van der Waals surface area contributed by atoms with Gasteiger partial charge >= 0.3 is 0 Å². The number of rotatable bonds is 6. The van der Waals surface area contributed by atoms with Crippen molar-refractivity contribution in [3.05, 3.63) is 24.3 Å². The number of hydrogen-bond acceptors (Lipinski definition) is 0. The van der Waals surface area contributed by atoms with Crippen LogP contribution in [0.4, 0.5) is 0 Å². The molecule has 0 aromatic carbocycles. The minimum atomic E-state index is 1.09. The third-order valence-electron chi connectivity index (χ3n) is 1.35. The lowest BCUT2D eigenvalue weighted by Crippen LogP contribution is -1.69. The van der Waals surface area contributed by atoms with E-state index in [1.165, 1.54) is 12.8 Å². The van der Waals surface area contributed by atoms with Crippen LogP contribution in [0.5, 0.6) is 0 Å². The highest BCUT2D eigenvalue weighted by molar-refractivity contribution is 9.09. The zero-order valence-electron chi connectivity index (χ0n) is 7.22. The molecule has 0 aliphatic carbocycles. The minimum Gasteiger partial charge on any atom is -0.0928 e. The zero-order chi connectivity index (χ0) is 8.36. The van der Waals surface area contributed by atoms with E-state index in [0.717, 1.165) is 18.2 Å². The van der Waals surface area contributed by atoms with Crippen LogP contribution in [0.2, 0.25) is 0 Å². The molecule has 0 aliphatic rings. The van der Waals surface area contributed by atoms with Gasteiger partial charge in [-0.05, 0) is 25.7 Å². The van der Waals surface area contributed by atoms with Gasteiger partial charge < -0.3 is 0 Å². The molecule has 0 heterocycles. The van der Waals surface area contributed by atoms with Crippen LogP contribution < -0.4 is 0 Å². The van der Waals surface area contributed by atoms with E-state index in [1.807, 2.05) is 0 Å². The second-order valence-electron chi connectivity index (χ2n) is 2.42. The molecule has 0 fully saturated rings. The van der Waals surface area contributed by atoms with Gasteiger partial charge in [0.2, 0.25) is 0 Å². The van der Waals surface area contributed by atoms with Crippen LogP contribution in [-0.4, -0.2) is 5.33 Å². The summed E-state index contributed by atoms with van der Waals surface area (Å²) < 4.78 is 0. The first-order valence-corrected chi connectivity index (χ1v) is 5.40. The SMILES string of the molecule is CC/C=C\C/C=C\CCCBr. The highest BCUT2D eigenvalue weighted by Crippen LogP contribution is 1.96. The van der Waals surface area contributed by atoms with Crippen molar-refractivity contribution >= 4 is 15.9 Å². The molecule has 0 unspecified atom stereocenters. The maximum Gasteiger partial charge on any atom is 0.00342 e. The Balaban J connectivity index is 3.09. The number of unbranched alkanes of at least 4 members (excludes halogenated alkanes) is 1. The highest BCUT2D eigenvalue weighted by atomic mass is 79.9. The summed E-state index contributed by atoms with van der Waals surface area (Å²) in [7, 11) is 0. The fourth-order valence-electron chi connectivity index (χ4n) is 0.751. The molecule has 64 valence electrons. The van der Waals surface area contributed by atoms with Crippen molar-refractivity contribution in [2.24, 2.45) is 0 Å². The Bertz CT molecular complexity index is 114. The summed E-state index contributed by atoms with van der Waals surface area (Å²) in [5, 5.41) is 1.11. The summed E-state index contributed by atoms with van der Waals surface area (Å²) in [4.78, 5) is 0. The predicted octanol–water partition coefficient (Wildman–Crippen LogP) is 4.07. The molecule has 0 radical (unpaired) electrons. The lowest BCUT2D eigenvalue weighted by Gasteiger charge is -1.86. The summed E-state index contributed by atoms with van der Waals surface area (Å²) in [6.45, 7) is 2.16. The fraction of sp³-hybridized carbons (Fsp3) is 0.600. The molecule has 0 aromatic heterocycles. The van der Waals surface area contributed by atoms with Gasteiger partial charge in [0.15, 0.2) is 0 Å². The Morgan fingerprint density at radius 1 is 1.09 bits per heavy atom. The van der Waals surface area contributed by atoms with E-state index in [1.54, 1.807) is 0 Å². The highest BCUT2D eigenvalue weighted by Gasteiger charge is 1.77. The van der Waals surface area contributed by atoms with E-state index in [9.17, 15) is 0 Å². The molecule has 0 amide bonds. The van der Waals surface area contributed by atoms with Gasteiger partial charge in [-0.3, -0.25) is 0 Å². The third kappa shape index (κ3) is 9.96. The summed E-state index contributed by atoms with van der Waals surface area (Å²) in [6.07, 6.45) is 13.6. The molecule has 0 rings (SSSR count). The molecule has 0 spiro atoms. The minimum absolute atomic E-state index is 1.09. The summed E-state index contributed by atoms with van der Waals surface area (Å²) in [5.74, 6) is 0. The van der Waals surface area contributed by atoms with E-state index in [-0.39, 0.29) is 0 Å². The molecule has 0 aliphatic heterocycles.